The van der Waals surface area contributed by atoms with Gasteiger partial charge in [-0.15, -0.1) is 0 Å². The van der Waals surface area contributed by atoms with E-state index in [1.807, 2.05) is 6.07 Å². The van der Waals surface area contributed by atoms with Gasteiger partial charge < -0.3 is 5.32 Å². The lowest BCUT2D eigenvalue weighted by Crippen LogP contribution is -2.12. The molecule has 1 N–H and O–H groups in total. The van der Waals surface area contributed by atoms with E-state index < -0.39 is 0 Å². The van der Waals surface area contributed by atoms with Crippen LogP contribution in [0.2, 0.25) is 0 Å². The monoisotopic (exact) mass is 355 g/mol. The van der Waals surface area contributed by atoms with Crippen molar-refractivity contribution in [3.8, 4) is 0 Å². The number of halogens is 2. The van der Waals surface area contributed by atoms with Crippen LogP contribution in [0.4, 0.5) is 5.69 Å². The van der Waals surface area contributed by atoms with Crippen LogP contribution in [-0.4, -0.2) is 15.9 Å². The second kappa shape index (κ2) is 5.37. The summed E-state index contributed by atoms with van der Waals surface area (Å²) in [5, 5.41) is 2.71. The molecule has 0 saturated heterocycles. The molecule has 86 valence electrons. The predicted octanol–water partition coefficient (Wildman–Crippen LogP) is 3.25. The van der Waals surface area contributed by atoms with E-state index in [0.29, 0.717) is 11.3 Å². The van der Waals surface area contributed by atoms with Crippen LogP contribution in [0.5, 0.6) is 0 Å². The number of hydrogen-bond acceptors (Lipinski definition) is 3. The maximum Gasteiger partial charge on any atom is 0.255 e. The molecular weight excluding hydrogens is 350 g/mol. The molecule has 0 saturated carbocycles. The molecule has 4 nitrogen and oxygen atoms in total. The Labute approximate surface area is 115 Å². The van der Waals surface area contributed by atoms with E-state index >= 15 is 0 Å². The molecule has 0 aliphatic rings. The highest BCUT2D eigenvalue weighted by atomic mass is 79.9. The predicted molar refractivity (Wildman–Crippen MR) is 71.8 cm³/mol. The molecule has 0 atom stereocenters. The topological polar surface area (TPSA) is 54.9 Å². The minimum absolute atomic E-state index is 0.207. The van der Waals surface area contributed by atoms with Gasteiger partial charge in [0.25, 0.3) is 5.91 Å². The smallest absolute Gasteiger partial charge is 0.255 e. The van der Waals surface area contributed by atoms with Crippen molar-refractivity contribution in [2.24, 2.45) is 0 Å². The minimum atomic E-state index is -0.207. The number of hydrogen-bond donors (Lipinski definition) is 1. The van der Waals surface area contributed by atoms with Gasteiger partial charge >= 0.3 is 0 Å². The van der Waals surface area contributed by atoms with Gasteiger partial charge in [0.1, 0.15) is 6.33 Å². The van der Waals surface area contributed by atoms with Crippen molar-refractivity contribution >= 4 is 43.5 Å². The zero-order valence-corrected chi connectivity index (χ0v) is 11.7. The number of benzene rings is 1. The van der Waals surface area contributed by atoms with Gasteiger partial charge in [0.05, 0.1) is 18.1 Å². The molecule has 2 rings (SSSR count). The molecular formula is C11H7Br2N3O. The van der Waals surface area contributed by atoms with Crippen molar-refractivity contribution in [1.82, 2.24) is 9.97 Å². The first-order valence-electron chi connectivity index (χ1n) is 4.67. The Morgan fingerprint density at radius 3 is 2.24 bits per heavy atom. The second-order valence-corrected chi connectivity index (χ2v) is 5.07. The van der Waals surface area contributed by atoms with Crippen molar-refractivity contribution in [3.63, 3.8) is 0 Å². The normalized spacial score (nSPS) is 10.0. The largest absolute Gasteiger partial charge is 0.319 e. The van der Waals surface area contributed by atoms with Crippen LogP contribution in [0.25, 0.3) is 0 Å². The number of anilines is 1. The van der Waals surface area contributed by atoms with Crippen LogP contribution in [-0.2, 0) is 0 Å². The van der Waals surface area contributed by atoms with Gasteiger partial charge in [-0.25, -0.2) is 9.97 Å². The number of carbonyl (C=O) groups excluding carboxylic acids is 1. The highest BCUT2D eigenvalue weighted by molar-refractivity contribution is 9.11. The molecule has 0 radical (unpaired) electrons. The molecule has 0 aliphatic carbocycles. The summed E-state index contributed by atoms with van der Waals surface area (Å²) in [5.41, 5.74) is 1.11. The summed E-state index contributed by atoms with van der Waals surface area (Å²) in [6, 6.07) is 5.34. The van der Waals surface area contributed by atoms with Crippen molar-refractivity contribution in [2.45, 2.75) is 0 Å². The Morgan fingerprint density at radius 1 is 1.06 bits per heavy atom. The Balaban J connectivity index is 2.20. The highest BCUT2D eigenvalue weighted by Crippen LogP contribution is 2.20. The lowest BCUT2D eigenvalue weighted by atomic mass is 10.2. The minimum Gasteiger partial charge on any atom is -0.319 e. The summed E-state index contributed by atoms with van der Waals surface area (Å²) in [4.78, 5) is 19.6. The quantitative estimate of drug-likeness (QED) is 0.898. The molecule has 1 amide bonds. The molecule has 1 aromatic carbocycles. The third-order valence-corrected chi connectivity index (χ3v) is 2.86. The molecule has 0 fully saturated rings. The SMILES string of the molecule is O=C(Nc1cncnc1)c1cc(Br)cc(Br)c1. The van der Waals surface area contributed by atoms with E-state index in [1.54, 1.807) is 12.1 Å². The lowest BCUT2D eigenvalue weighted by molar-refractivity contribution is 0.102. The first-order chi connectivity index (χ1) is 8.15. The molecule has 0 spiro atoms. The van der Waals surface area contributed by atoms with E-state index in [4.69, 9.17) is 0 Å². The maximum atomic E-state index is 11.9. The molecule has 0 aliphatic heterocycles. The molecule has 1 aromatic heterocycles. The molecule has 17 heavy (non-hydrogen) atoms. The Morgan fingerprint density at radius 2 is 1.65 bits per heavy atom. The van der Waals surface area contributed by atoms with Gasteiger partial charge in [-0.05, 0) is 18.2 Å². The zero-order chi connectivity index (χ0) is 12.3. The number of nitrogens with zero attached hydrogens (tertiary/aromatic N) is 2. The van der Waals surface area contributed by atoms with Crippen LogP contribution in [0.1, 0.15) is 10.4 Å². The van der Waals surface area contributed by atoms with E-state index in [1.165, 1.54) is 18.7 Å². The molecule has 1 heterocycles. The first-order valence-corrected chi connectivity index (χ1v) is 6.26. The fraction of sp³-hybridized carbons (Fsp3) is 0. The third kappa shape index (κ3) is 3.34. The Hall–Kier alpha value is -1.27. The van der Waals surface area contributed by atoms with E-state index in [0.717, 1.165) is 8.95 Å². The Kier molecular flexibility index (Phi) is 3.86. The summed E-state index contributed by atoms with van der Waals surface area (Å²) >= 11 is 6.66. The summed E-state index contributed by atoms with van der Waals surface area (Å²) in [5.74, 6) is -0.207. The first kappa shape index (κ1) is 12.2. The van der Waals surface area contributed by atoms with E-state index in [2.05, 4.69) is 47.1 Å². The van der Waals surface area contributed by atoms with Crippen LogP contribution >= 0.6 is 31.9 Å². The fourth-order valence-corrected chi connectivity index (χ4v) is 2.55. The number of rotatable bonds is 2. The van der Waals surface area contributed by atoms with Gasteiger partial charge in [-0.2, -0.15) is 0 Å². The van der Waals surface area contributed by atoms with E-state index in [-0.39, 0.29) is 5.91 Å². The van der Waals surface area contributed by atoms with Crippen LogP contribution in [0.15, 0.2) is 45.9 Å². The van der Waals surface area contributed by atoms with Crippen molar-refractivity contribution in [2.75, 3.05) is 5.32 Å². The molecule has 0 unspecified atom stereocenters. The van der Waals surface area contributed by atoms with Crippen LogP contribution in [0, 0.1) is 0 Å². The van der Waals surface area contributed by atoms with Crippen molar-refractivity contribution < 1.29 is 4.79 Å². The number of aromatic nitrogens is 2. The molecule has 0 bridgehead atoms. The van der Waals surface area contributed by atoms with Gasteiger partial charge in [0, 0.05) is 14.5 Å². The van der Waals surface area contributed by atoms with Crippen LogP contribution < -0.4 is 5.32 Å². The second-order valence-electron chi connectivity index (χ2n) is 3.24. The Bertz CT molecular complexity index is 525. The average Bonchev–Trinajstić information content (AvgIpc) is 2.29. The lowest BCUT2D eigenvalue weighted by Gasteiger charge is -2.05. The van der Waals surface area contributed by atoms with E-state index in [9.17, 15) is 4.79 Å². The number of amides is 1. The maximum absolute atomic E-state index is 11.9. The highest BCUT2D eigenvalue weighted by Gasteiger charge is 2.08. The van der Waals surface area contributed by atoms with Crippen molar-refractivity contribution in [3.05, 3.63) is 51.4 Å². The molecule has 2 aromatic rings. The summed E-state index contributed by atoms with van der Waals surface area (Å²) in [7, 11) is 0. The van der Waals surface area contributed by atoms with Gasteiger partial charge in [-0.1, -0.05) is 31.9 Å². The number of nitrogens with one attached hydrogen (secondary N) is 1. The van der Waals surface area contributed by atoms with Crippen LogP contribution in [0.3, 0.4) is 0 Å². The standard InChI is InChI=1S/C11H7Br2N3O/c12-8-1-7(2-9(13)3-8)11(17)16-10-4-14-6-15-5-10/h1-6H,(H,16,17). The average molecular weight is 357 g/mol. The summed E-state index contributed by atoms with van der Waals surface area (Å²) < 4.78 is 1.67. The van der Waals surface area contributed by atoms with Crippen molar-refractivity contribution in [1.29, 1.82) is 0 Å². The van der Waals surface area contributed by atoms with Gasteiger partial charge in [0.2, 0.25) is 0 Å². The summed E-state index contributed by atoms with van der Waals surface area (Å²) in [6.07, 6.45) is 4.49. The molecule has 6 heteroatoms. The van der Waals surface area contributed by atoms with Gasteiger partial charge in [0.15, 0.2) is 0 Å². The van der Waals surface area contributed by atoms with Gasteiger partial charge in [-0.3, -0.25) is 4.79 Å². The zero-order valence-electron chi connectivity index (χ0n) is 8.52. The number of carbonyl (C=O) groups is 1. The third-order valence-electron chi connectivity index (χ3n) is 1.94. The summed E-state index contributed by atoms with van der Waals surface area (Å²) in [6.45, 7) is 0. The fourth-order valence-electron chi connectivity index (χ4n) is 1.25.